The molecule has 0 amide bonds. The molecule has 7 nitrogen and oxygen atoms in total. The third kappa shape index (κ3) is 5.72. The van der Waals surface area contributed by atoms with Gasteiger partial charge in [-0.1, -0.05) is 45.4 Å². The van der Waals surface area contributed by atoms with Crippen LogP contribution in [0.15, 0.2) is 36.4 Å². The van der Waals surface area contributed by atoms with Crippen molar-refractivity contribution in [2.45, 2.75) is 34.1 Å². The van der Waals surface area contributed by atoms with Crippen molar-refractivity contribution in [2.75, 3.05) is 5.32 Å². The number of aromatic nitrogens is 4. The average Bonchev–Trinajstić information content (AvgIpc) is 3.00. The van der Waals surface area contributed by atoms with Gasteiger partial charge in [0.25, 0.3) is 0 Å². The maximum Gasteiger partial charge on any atom is 0.311 e. The Labute approximate surface area is 151 Å². The molecule has 2 aromatic heterocycles. The molecule has 2 N–H and O–H groups in total. The van der Waals surface area contributed by atoms with Gasteiger partial charge >= 0.3 is 5.97 Å². The van der Waals surface area contributed by atoms with Gasteiger partial charge in [-0.25, -0.2) is 0 Å². The molecule has 0 saturated heterocycles. The second-order valence-electron chi connectivity index (χ2n) is 4.31. The minimum Gasteiger partial charge on any atom is -0.481 e. The molecule has 0 spiro atoms. The standard InChI is InChI=1S/C13H10ClN5O2.2C2H6/c14-8-2-1-3-9(6-8)15-10-4-5-11-16-17-12(7-13(20)21)19(11)18-10;2*1-2/h1-6H,7H2,(H,15,18)(H,20,21);2*1-2H3. The van der Waals surface area contributed by atoms with Crippen LogP contribution < -0.4 is 5.32 Å². The van der Waals surface area contributed by atoms with Gasteiger partial charge < -0.3 is 10.4 Å². The van der Waals surface area contributed by atoms with Crippen molar-refractivity contribution in [2.24, 2.45) is 0 Å². The minimum atomic E-state index is -0.987. The lowest BCUT2D eigenvalue weighted by atomic mass is 10.3. The molecule has 0 bridgehead atoms. The fraction of sp³-hybridized carbons (Fsp3) is 0.294. The molecule has 134 valence electrons. The van der Waals surface area contributed by atoms with E-state index >= 15 is 0 Å². The van der Waals surface area contributed by atoms with Crippen molar-refractivity contribution in [1.82, 2.24) is 19.8 Å². The number of fused-ring (bicyclic) bond motifs is 1. The molecule has 0 unspecified atom stereocenters. The number of benzene rings is 1. The molecule has 0 aliphatic rings. The molecule has 0 fully saturated rings. The summed E-state index contributed by atoms with van der Waals surface area (Å²) in [6.07, 6.45) is -0.241. The molecule has 3 rings (SSSR count). The molecule has 0 atom stereocenters. The summed E-state index contributed by atoms with van der Waals surface area (Å²) in [5.74, 6) is -0.178. The van der Waals surface area contributed by atoms with E-state index in [0.29, 0.717) is 16.5 Å². The SMILES string of the molecule is CC.CC.O=C(O)Cc1nnc2ccc(Nc3cccc(Cl)c3)nn12. The number of carboxylic acids is 1. The topological polar surface area (TPSA) is 92.4 Å². The molecule has 1 aromatic carbocycles. The second kappa shape index (κ2) is 10.2. The minimum absolute atomic E-state index is 0.241. The van der Waals surface area contributed by atoms with Crippen molar-refractivity contribution in [1.29, 1.82) is 0 Å². The van der Waals surface area contributed by atoms with Gasteiger partial charge in [-0.2, -0.15) is 4.52 Å². The van der Waals surface area contributed by atoms with Crippen LogP contribution in [0.3, 0.4) is 0 Å². The Morgan fingerprint density at radius 3 is 2.52 bits per heavy atom. The molecule has 2 heterocycles. The summed E-state index contributed by atoms with van der Waals surface area (Å²) >= 11 is 5.92. The molecule has 25 heavy (non-hydrogen) atoms. The quantitative estimate of drug-likeness (QED) is 0.721. The van der Waals surface area contributed by atoms with Crippen LogP contribution in [0.1, 0.15) is 33.5 Å². The summed E-state index contributed by atoms with van der Waals surface area (Å²) in [5, 5.41) is 24.5. The predicted octanol–water partition coefficient (Wildman–Crippen LogP) is 4.20. The lowest BCUT2D eigenvalue weighted by Gasteiger charge is -2.06. The van der Waals surface area contributed by atoms with E-state index in [9.17, 15) is 4.79 Å². The van der Waals surface area contributed by atoms with E-state index < -0.39 is 5.97 Å². The van der Waals surface area contributed by atoms with E-state index in [1.165, 1.54) is 4.52 Å². The van der Waals surface area contributed by atoms with Gasteiger partial charge in [0.2, 0.25) is 0 Å². The summed E-state index contributed by atoms with van der Waals surface area (Å²) in [6, 6.07) is 10.6. The third-order valence-corrected chi connectivity index (χ3v) is 2.97. The van der Waals surface area contributed by atoms with Gasteiger partial charge in [0, 0.05) is 10.7 Å². The first-order chi connectivity index (χ1) is 12.1. The number of nitrogens with one attached hydrogen (secondary N) is 1. The maximum absolute atomic E-state index is 10.8. The first-order valence-corrected chi connectivity index (χ1v) is 8.45. The number of halogens is 1. The number of carbonyl (C=O) groups is 1. The fourth-order valence-electron chi connectivity index (χ4n) is 1.86. The largest absolute Gasteiger partial charge is 0.481 e. The van der Waals surface area contributed by atoms with Crippen molar-refractivity contribution >= 4 is 34.7 Å². The lowest BCUT2D eigenvalue weighted by Crippen LogP contribution is -2.07. The van der Waals surface area contributed by atoms with Crippen LogP contribution in [0.2, 0.25) is 5.02 Å². The number of hydrogen-bond donors (Lipinski definition) is 2. The van der Waals surface area contributed by atoms with Gasteiger partial charge in [-0.15, -0.1) is 15.3 Å². The Morgan fingerprint density at radius 1 is 1.16 bits per heavy atom. The van der Waals surface area contributed by atoms with Gasteiger partial charge in [0.05, 0.1) is 0 Å². The molecule has 0 radical (unpaired) electrons. The molecule has 3 aromatic rings. The molecular formula is C17H22ClN5O2. The summed E-state index contributed by atoms with van der Waals surface area (Å²) in [4.78, 5) is 10.8. The first-order valence-electron chi connectivity index (χ1n) is 8.07. The highest BCUT2D eigenvalue weighted by Gasteiger charge is 2.11. The van der Waals surface area contributed by atoms with E-state index in [0.717, 1.165) is 5.69 Å². The van der Waals surface area contributed by atoms with Crippen molar-refractivity contribution in [3.8, 4) is 0 Å². The lowest BCUT2D eigenvalue weighted by molar-refractivity contribution is -0.136. The number of aliphatic carboxylic acids is 1. The Morgan fingerprint density at radius 2 is 1.88 bits per heavy atom. The average molecular weight is 364 g/mol. The van der Waals surface area contributed by atoms with Crippen LogP contribution in [-0.4, -0.2) is 30.9 Å². The summed E-state index contributed by atoms with van der Waals surface area (Å²) in [6.45, 7) is 8.00. The Kier molecular flexibility index (Phi) is 8.35. The maximum atomic E-state index is 10.8. The van der Waals surface area contributed by atoms with E-state index in [1.54, 1.807) is 24.3 Å². The van der Waals surface area contributed by atoms with E-state index in [4.69, 9.17) is 16.7 Å². The van der Waals surface area contributed by atoms with Crippen LogP contribution in [0.5, 0.6) is 0 Å². The fourth-order valence-corrected chi connectivity index (χ4v) is 2.05. The van der Waals surface area contributed by atoms with Gasteiger partial charge in [-0.3, -0.25) is 4.79 Å². The summed E-state index contributed by atoms with van der Waals surface area (Å²) < 4.78 is 1.40. The molecular weight excluding hydrogens is 342 g/mol. The van der Waals surface area contributed by atoms with Crippen LogP contribution in [0.25, 0.3) is 5.65 Å². The van der Waals surface area contributed by atoms with Crippen molar-refractivity contribution in [3.63, 3.8) is 0 Å². The predicted molar refractivity (Wildman–Crippen MR) is 99.6 cm³/mol. The molecule has 0 aliphatic heterocycles. The normalized spacial score (nSPS) is 9.48. The highest BCUT2D eigenvalue weighted by atomic mass is 35.5. The number of rotatable bonds is 4. The van der Waals surface area contributed by atoms with Crippen molar-refractivity contribution < 1.29 is 9.90 Å². The zero-order valence-electron chi connectivity index (χ0n) is 14.7. The van der Waals surface area contributed by atoms with Crippen molar-refractivity contribution in [3.05, 3.63) is 47.2 Å². The number of carboxylic acid groups (broad SMARTS) is 1. The second-order valence-corrected chi connectivity index (χ2v) is 4.75. The van der Waals surface area contributed by atoms with E-state index in [1.807, 2.05) is 39.8 Å². The monoisotopic (exact) mass is 363 g/mol. The van der Waals surface area contributed by atoms with Crippen LogP contribution >= 0.6 is 11.6 Å². The van der Waals surface area contributed by atoms with Gasteiger partial charge in [0.15, 0.2) is 17.3 Å². The number of hydrogen-bond acceptors (Lipinski definition) is 5. The Balaban J connectivity index is 0.000000730. The molecule has 0 aliphatic carbocycles. The van der Waals surface area contributed by atoms with E-state index in [-0.39, 0.29) is 12.2 Å². The Hall–Kier alpha value is -2.67. The zero-order chi connectivity index (χ0) is 18.8. The van der Waals surface area contributed by atoms with E-state index in [2.05, 4.69) is 20.6 Å². The van der Waals surface area contributed by atoms with Gasteiger partial charge in [0.1, 0.15) is 6.42 Å². The summed E-state index contributed by atoms with van der Waals surface area (Å²) in [7, 11) is 0. The number of anilines is 2. The zero-order valence-corrected chi connectivity index (χ0v) is 15.4. The molecule has 8 heteroatoms. The highest BCUT2D eigenvalue weighted by Crippen LogP contribution is 2.19. The summed E-state index contributed by atoms with van der Waals surface area (Å²) in [5.41, 5.74) is 1.27. The third-order valence-electron chi connectivity index (χ3n) is 2.73. The number of nitrogens with zero attached hydrogens (tertiary/aromatic N) is 4. The molecule has 0 saturated carbocycles. The first kappa shape index (κ1) is 20.4. The van der Waals surface area contributed by atoms with Gasteiger partial charge in [-0.05, 0) is 30.3 Å². The highest BCUT2D eigenvalue weighted by molar-refractivity contribution is 6.30. The Bertz CT molecular complexity index is 820. The van der Waals surface area contributed by atoms with Crippen LogP contribution in [0.4, 0.5) is 11.5 Å². The van der Waals surface area contributed by atoms with Crippen LogP contribution in [-0.2, 0) is 11.2 Å². The smallest absolute Gasteiger partial charge is 0.311 e. The van der Waals surface area contributed by atoms with Crippen LogP contribution in [0, 0.1) is 0 Å².